The number of benzene rings is 2. The zero-order valence-corrected chi connectivity index (χ0v) is 17.6. The molecule has 0 aliphatic rings. The van der Waals surface area contributed by atoms with Crippen molar-refractivity contribution in [3.05, 3.63) is 54.1 Å². The molecule has 0 aliphatic carbocycles. The fourth-order valence-electron chi connectivity index (χ4n) is 2.45. The Morgan fingerprint density at radius 2 is 1.63 bits per heavy atom. The van der Waals surface area contributed by atoms with E-state index in [1.165, 1.54) is 17.3 Å². The number of methoxy groups -OCH3 is 1. The first kappa shape index (κ1) is 21.2. The van der Waals surface area contributed by atoms with Crippen LogP contribution in [-0.2, 0) is 10.2 Å². The molecular formula is C22H29NO3S. The summed E-state index contributed by atoms with van der Waals surface area (Å²) in [5.74, 6) is 1.63. The summed E-state index contributed by atoms with van der Waals surface area (Å²) in [7, 11) is 1.64. The highest BCUT2D eigenvalue weighted by Gasteiger charge is 2.14. The maximum Gasteiger partial charge on any atom is 0.233 e. The Morgan fingerprint density at radius 3 is 2.19 bits per heavy atom. The Labute approximate surface area is 166 Å². The number of rotatable bonds is 8. The van der Waals surface area contributed by atoms with Crippen LogP contribution in [0.5, 0.6) is 11.5 Å². The number of nitrogens with one attached hydrogen (secondary N) is 1. The Hall–Kier alpha value is -2.14. The Balaban J connectivity index is 1.71. The first-order chi connectivity index (χ1) is 12.8. The van der Waals surface area contributed by atoms with E-state index in [0.29, 0.717) is 13.2 Å². The molecule has 0 aliphatic heterocycles. The molecule has 1 atom stereocenters. The maximum atomic E-state index is 12.2. The van der Waals surface area contributed by atoms with Gasteiger partial charge >= 0.3 is 0 Å². The van der Waals surface area contributed by atoms with Gasteiger partial charge in [0.2, 0.25) is 5.91 Å². The van der Waals surface area contributed by atoms with Crippen molar-refractivity contribution in [2.45, 2.75) is 43.3 Å². The normalized spacial score (nSPS) is 12.3. The number of hydrogen-bond acceptors (Lipinski definition) is 4. The SMILES string of the molecule is COc1ccc(S[C@H](C)C(=O)NCCOc2ccc(C(C)(C)C)cc2)cc1. The fourth-order valence-corrected chi connectivity index (χ4v) is 3.34. The first-order valence-electron chi connectivity index (χ1n) is 9.11. The van der Waals surface area contributed by atoms with E-state index in [4.69, 9.17) is 9.47 Å². The van der Waals surface area contributed by atoms with Crippen molar-refractivity contribution < 1.29 is 14.3 Å². The molecule has 146 valence electrons. The summed E-state index contributed by atoms with van der Waals surface area (Å²) in [5, 5.41) is 2.75. The summed E-state index contributed by atoms with van der Waals surface area (Å²) in [6, 6.07) is 15.8. The number of amides is 1. The minimum Gasteiger partial charge on any atom is -0.497 e. The van der Waals surface area contributed by atoms with Gasteiger partial charge in [0.05, 0.1) is 18.9 Å². The van der Waals surface area contributed by atoms with Crippen LogP contribution in [0.3, 0.4) is 0 Å². The van der Waals surface area contributed by atoms with Gasteiger partial charge in [0, 0.05) is 4.90 Å². The fraction of sp³-hybridized carbons (Fsp3) is 0.409. The molecule has 2 aromatic rings. The van der Waals surface area contributed by atoms with Gasteiger partial charge in [-0.05, 0) is 54.3 Å². The summed E-state index contributed by atoms with van der Waals surface area (Å²) in [6.45, 7) is 9.38. The predicted molar refractivity (Wildman–Crippen MR) is 112 cm³/mol. The molecule has 0 saturated carbocycles. The molecule has 1 amide bonds. The molecule has 27 heavy (non-hydrogen) atoms. The zero-order chi connectivity index (χ0) is 19.9. The van der Waals surface area contributed by atoms with Crippen molar-refractivity contribution in [2.75, 3.05) is 20.3 Å². The first-order valence-corrected chi connectivity index (χ1v) is 9.99. The van der Waals surface area contributed by atoms with Gasteiger partial charge < -0.3 is 14.8 Å². The van der Waals surface area contributed by atoms with Crippen LogP contribution in [0, 0.1) is 0 Å². The largest absolute Gasteiger partial charge is 0.497 e. The number of ether oxygens (including phenoxy) is 2. The lowest BCUT2D eigenvalue weighted by Gasteiger charge is -2.19. The van der Waals surface area contributed by atoms with Gasteiger partial charge in [-0.2, -0.15) is 0 Å². The van der Waals surface area contributed by atoms with Crippen LogP contribution >= 0.6 is 11.8 Å². The van der Waals surface area contributed by atoms with Crippen molar-refractivity contribution in [1.29, 1.82) is 0 Å². The molecule has 0 spiro atoms. The van der Waals surface area contributed by atoms with E-state index in [2.05, 4.69) is 38.2 Å². The third-order valence-corrected chi connectivity index (χ3v) is 5.24. The minimum atomic E-state index is -0.176. The average molecular weight is 388 g/mol. The van der Waals surface area contributed by atoms with Gasteiger partial charge in [-0.15, -0.1) is 11.8 Å². The molecule has 0 unspecified atom stereocenters. The third-order valence-electron chi connectivity index (χ3n) is 4.13. The smallest absolute Gasteiger partial charge is 0.233 e. The van der Waals surface area contributed by atoms with Gasteiger partial charge in [0.25, 0.3) is 0 Å². The van der Waals surface area contributed by atoms with E-state index < -0.39 is 0 Å². The molecule has 1 N–H and O–H groups in total. The van der Waals surface area contributed by atoms with Crippen LogP contribution in [0.25, 0.3) is 0 Å². The number of carbonyl (C=O) groups is 1. The van der Waals surface area contributed by atoms with Gasteiger partial charge in [-0.25, -0.2) is 0 Å². The van der Waals surface area contributed by atoms with Gasteiger partial charge in [-0.3, -0.25) is 4.79 Å². The lowest BCUT2D eigenvalue weighted by molar-refractivity contribution is -0.120. The molecule has 4 nitrogen and oxygen atoms in total. The lowest BCUT2D eigenvalue weighted by atomic mass is 9.87. The Morgan fingerprint density at radius 1 is 1.04 bits per heavy atom. The quantitative estimate of drug-likeness (QED) is 0.528. The molecule has 0 heterocycles. The Bertz CT molecular complexity index is 721. The van der Waals surface area contributed by atoms with Crippen molar-refractivity contribution in [2.24, 2.45) is 0 Å². The molecular weight excluding hydrogens is 358 g/mol. The van der Waals surface area contributed by atoms with E-state index in [0.717, 1.165) is 16.4 Å². The molecule has 2 aromatic carbocycles. The number of carbonyl (C=O) groups excluding carboxylic acids is 1. The number of thioether (sulfide) groups is 1. The highest BCUT2D eigenvalue weighted by Crippen LogP contribution is 2.26. The summed E-state index contributed by atoms with van der Waals surface area (Å²) < 4.78 is 10.9. The predicted octanol–water partition coefficient (Wildman–Crippen LogP) is 4.67. The lowest BCUT2D eigenvalue weighted by Crippen LogP contribution is -2.33. The zero-order valence-electron chi connectivity index (χ0n) is 16.7. The monoisotopic (exact) mass is 387 g/mol. The molecule has 0 aromatic heterocycles. The molecule has 0 radical (unpaired) electrons. The van der Waals surface area contributed by atoms with Crippen molar-refractivity contribution >= 4 is 17.7 Å². The molecule has 0 saturated heterocycles. The van der Waals surface area contributed by atoms with E-state index >= 15 is 0 Å². The van der Waals surface area contributed by atoms with Gasteiger partial charge in [-0.1, -0.05) is 32.9 Å². The van der Waals surface area contributed by atoms with Crippen LogP contribution in [-0.4, -0.2) is 31.4 Å². The average Bonchev–Trinajstić information content (AvgIpc) is 2.65. The summed E-state index contributed by atoms with van der Waals surface area (Å²) in [6.07, 6.45) is 0. The van der Waals surface area contributed by atoms with Crippen LogP contribution in [0.2, 0.25) is 0 Å². The minimum absolute atomic E-state index is 0.00231. The highest BCUT2D eigenvalue weighted by atomic mass is 32.2. The topological polar surface area (TPSA) is 47.6 Å². The number of hydrogen-bond donors (Lipinski definition) is 1. The third kappa shape index (κ3) is 6.83. The second-order valence-electron chi connectivity index (χ2n) is 7.35. The molecule has 2 rings (SSSR count). The molecule has 5 heteroatoms. The van der Waals surface area contributed by atoms with Crippen LogP contribution in [0.15, 0.2) is 53.4 Å². The van der Waals surface area contributed by atoms with Gasteiger partial charge in [0.1, 0.15) is 18.1 Å². The maximum absolute atomic E-state index is 12.2. The molecule has 0 bridgehead atoms. The second-order valence-corrected chi connectivity index (χ2v) is 8.76. The summed E-state index contributed by atoms with van der Waals surface area (Å²) in [5.41, 5.74) is 1.40. The van der Waals surface area contributed by atoms with Crippen LogP contribution < -0.4 is 14.8 Å². The van der Waals surface area contributed by atoms with Gasteiger partial charge in [0.15, 0.2) is 0 Å². The van der Waals surface area contributed by atoms with Crippen molar-refractivity contribution in [1.82, 2.24) is 5.32 Å². The van der Waals surface area contributed by atoms with Crippen molar-refractivity contribution in [3.8, 4) is 11.5 Å². The summed E-state index contributed by atoms with van der Waals surface area (Å²) in [4.78, 5) is 13.3. The molecule has 0 fully saturated rings. The van der Waals surface area contributed by atoms with E-state index in [1.807, 2.05) is 43.3 Å². The van der Waals surface area contributed by atoms with E-state index in [1.54, 1.807) is 7.11 Å². The van der Waals surface area contributed by atoms with E-state index in [-0.39, 0.29) is 16.6 Å². The van der Waals surface area contributed by atoms with Crippen LogP contribution in [0.4, 0.5) is 0 Å². The Kier molecular flexibility index (Phi) is 7.60. The standard InChI is InChI=1S/C22H29NO3S/c1-16(27-20-12-10-18(25-5)11-13-20)21(24)23-14-15-26-19-8-6-17(7-9-19)22(2,3)4/h6-13,16H,14-15H2,1-5H3,(H,23,24)/t16-/m1/s1. The highest BCUT2D eigenvalue weighted by molar-refractivity contribution is 8.00. The van der Waals surface area contributed by atoms with Crippen LogP contribution in [0.1, 0.15) is 33.3 Å². The second kappa shape index (κ2) is 9.70. The van der Waals surface area contributed by atoms with Crippen molar-refractivity contribution in [3.63, 3.8) is 0 Å². The van der Waals surface area contributed by atoms with E-state index in [9.17, 15) is 4.79 Å². The summed E-state index contributed by atoms with van der Waals surface area (Å²) >= 11 is 1.52.